The quantitative estimate of drug-likeness (QED) is 0.562. The van der Waals surface area contributed by atoms with Gasteiger partial charge in [-0.3, -0.25) is 9.59 Å². The van der Waals surface area contributed by atoms with Gasteiger partial charge in [0.25, 0.3) is 11.5 Å². The molecule has 0 bridgehead atoms. The third-order valence-electron chi connectivity index (χ3n) is 5.19. The van der Waals surface area contributed by atoms with Gasteiger partial charge in [0, 0.05) is 23.7 Å². The van der Waals surface area contributed by atoms with Gasteiger partial charge in [-0.2, -0.15) is 0 Å². The van der Waals surface area contributed by atoms with Crippen molar-refractivity contribution in [1.29, 1.82) is 0 Å². The van der Waals surface area contributed by atoms with E-state index in [1.54, 1.807) is 43.4 Å². The number of carbonyl (C=O) groups is 1. The molecule has 2 aromatic carbocycles. The first kappa shape index (κ1) is 22.2. The van der Waals surface area contributed by atoms with E-state index in [1.165, 1.54) is 7.11 Å². The van der Waals surface area contributed by atoms with Gasteiger partial charge in [-0.25, -0.2) is 0 Å². The number of hydrogen-bond acceptors (Lipinski definition) is 5. The Bertz CT molecular complexity index is 1120. The Kier molecular flexibility index (Phi) is 7.18. The standard InChI is InChI=1S/C24H28N2O5/c1-5-6-11-26(24(28)17-8-10-21(30-3)22(13-17)31-4)15-18-12-16-7-9-19(29-2)14-20(16)25-23(18)27/h7-10,12-14H,5-6,11,15H2,1-4H3,(H,25,27). The van der Waals surface area contributed by atoms with Crippen LogP contribution in [0.2, 0.25) is 0 Å². The van der Waals surface area contributed by atoms with Crippen LogP contribution in [0.1, 0.15) is 35.7 Å². The third kappa shape index (κ3) is 4.99. The van der Waals surface area contributed by atoms with Gasteiger partial charge in [0.15, 0.2) is 11.5 Å². The van der Waals surface area contributed by atoms with Crippen molar-refractivity contribution < 1.29 is 19.0 Å². The Hall–Kier alpha value is -3.48. The number of H-pyrrole nitrogens is 1. The van der Waals surface area contributed by atoms with Crippen molar-refractivity contribution >= 4 is 16.8 Å². The van der Waals surface area contributed by atoms with Crippen LogP contribution >= 0.6 is 0 Å². The number of pyridine rings is 1. The lowest BCUT2D eigenvalue weighted by atomic mass is 10.1. The lowest BCUT2D eigenvalue weighted by molar-refractivity contribution is 0.0740. The van der Waals surface area contributed by atoms with Gasteiger partial charge in [-0.05, 0) is 48.2 Å². The molecule has 0 aliphatic rings. The number of rotatable bonds is 9. The van der Waals surface area contributed by atoms with Crippen LogP contribution in [0.4, 0.5) is 0 Å². The van der Waals surface area contributed by atoms with E-state index in [4.69, 9.17) is 14.2 Å². The van der Waals surface area contributed by atoms with Crippen molar-refractivity contribution in [2.75, 3.05) is 27.9 Å². The van der Waals surface area contributed by atoms with Crippen molar-refractivity contribution in [1.82, 2.24) is 9.88 Å². The van der Waals surface area contributed by atoms with Gasteiger partial charge in [0.05, 0.1) is 33.4 Å². The number of hydrogen-bond donors (Lipinski definition) is 1. The number of carbonyl (C=O) groups excluding carboxylic acids is 1. The highest BCUT2D eigenvalue weighted by Crippen LogP contribution is 2.28. The van der Waals surface area contributed by atoms with Crippen molar-refractivity contribution in [3.05, 3.63) is 63.9 Å². The molecule has 3 aromatic rings. The number of unbranched alkanes of at least 4 members (excludes halogenated alkanes) is 1. The average Bonchev–Trinajstić information content (AvgIpc) is 2.80. The van der Waals surface area contributed by atoms with Crippen molar-refractivity contribution in [3.8, 4) is 17.2 Å². The summed E-state index contributed by atoms with van der Waals surface area (Å²) in [7, 11) is 4.66. The van der Waals surface area contributed by atoms with Gasteiger partial charge in [0.1, 0.15) is 5.75 Å². The molecule has 7 heteroatoms. The maximum Gasteiger partial charge on any atom is 0.254 e. The number of aromatic amines is 1. The second-order valence-corrected chi connectivity index (χ2v) is 7.23. The summed E-state index contributed by atoms with van der Waals surface area (Å²) in [6.07, 6.45) is 1.77. The van der Waals surface area contributed by atoms with Crippen molar-refractivity contribution in [2.24, 2.45) is 0 Å². The van der Waals surface area contributed by atoms with Gasteiger partial charge < -0.3 is 24.1 Å². The number of nitrogens with one attached hydrogen (secondary N) is 1. The van der Waals surface area contributed by atoms with Crippen LogP contribution in [0.3, 0.4) is 0 Å². The Balaban J connectivity index is 1.93. The Morgan fingerprint density at radius 3 is 2.42 bits per heavy atom. The van der Waals surface area contributed by atoms with Gasteiger partial charge >= 0.3 is 0 Å². The average molecular weight is 424 g/mol. The molecule has 0 saturated heterocycles. The second kappa shape index (κ2) is 10.0. The summed E-state index contributed by atoms with van der Waals surface area (Å²) < 4.78 is 15.8. The summed E-state index contributed by atoms with van der Waals surface area (Å²) in [6, 6.07) is 12.4. The molecule has 1 aromatic heterocycles. The summed E-state index contributed by atoms with van der Waals surface area (Å²) in [6.45, 7) is 2.82. The first-order valence-electron chi connectivity index (χ1n) is 10.2. The fourth-order valence-electron chi connectivity index (χ4n) is 3.43. The van der Waals surface area contributed by atoms with E-state index >= 15 is 0 Å². The molecule has 0 spiro atoms. The molecule has 0 saturated carbocycles. The summed E-state index contributed by atoms with van der Waals surface area (Å²) in [5, 5.41) is 0.879. The van der Waals surface area contributed by atoms with Gasteiger partial charge in [0.2, 0.25) is 0 Å². The molecule has 3 rings (SSSR count). The number of aromatic nitrogens is 1. The topological polar surface area (TPSA) is 80.9 Å². The lowest BCUT2D eigenvalue weighted by Gasteiger charge is -2.23. The number of ether oxygens (including phenoxy) is 3. The van der Waals surface area contributed by atoms with E-state index < -0.39 is 0 Å². The zero-order valence-corrected chi connectivity index (χ0v) is 18.4. The molecular weight excluding hydrogens is 396 g/mol. The highest BCUT2D eigenvalue weighted by atomic mass is 16.5. The molecule has 0 radical (unpaired) electrons. The van der Waals surface area contributed by atoms with E-state index in [9.17, 15) is 9.59 Å². The first-order chi connectivity index (χ1) is 15.0. The smallest absolute Gasteiger partial charge is 0.254 e. The van der Waals surface area contributed by atoms with Crippen LogP contribution in [0.5, 0.6) is 17.2 Å². The van der Waals surface area contributed by atoms with Gasteiger partial charge in [-0.15, -0.1) is 0 Å². The first-order valence-corrected chi connectivity index (χ1v) is 10.2. The molecule has 164 valence electrons. The molecule has 1 heterocycles. The molecular formula is C24H28N2O5. The second-order valence-electron chi connectivity index (χ2n) is 7.23. The van der Waals surface area contributed by atoms with E-state index in [0.717, 1.165) is 18.2 Å². The zero-order valence-electron chi connectivity index (χ0n) is 18.4. The Morgan fingerprint density at radius 2 is 1.74 bits per heavy atom. The summed E-state index contributed by atoms with van der Waals surface area (Å²) in [5.41, 5.74) is 1.49. The summed E-state index contributed by atoms with van der Waals surface area (Å²) in [4.78, 5) is 30.6. The maximum absolute atomic E-state index is 13.3. The van der Waals surface area contributed by atoms with Crippen LogP contribution in [0.25, 0.3) is 10.9 Å². The molecule has 1 amide bonds. The molecule has 0 fully saturated rings. The SMILES string of the molecule is CCCCN(Cc1cc2ccc(OC)cc2[nH]c1=O)C(=O)c1ccc(OC)c(OC)c1. The fraction of sp³-hybridized carbons (Fsp3) is 0.333. The Morgan fingerprint density at radius 1 is 0.968 bits per heavy atom. The van der Waals surface area contributed by atoms with E-state index in [-0.39, 0.29) is 18.0 Å². The summed E-state index contributed by atoms with van der Waals surface area (Å²) >= 11 is 0. The van der Waals surface area contributed by atoms with E-state index in [0.29, 0.717) is 40.4 Å². The van der Waals surface area contributed by atoms with E-state index in [1.807, 2.05) is 18.2 Å². The number of fused-ring (bicyclic) bond motifs is 1. The molecule has 1 N–H and O–H groups in total. The molecule has 0 atom stereocenters. The largest absolute Gasteiger partial charge is 0.497 e. The lowest BCUT2D eigenvalue weighted by Crippen LogP contribution is -2.33. The Labute approximate surface area is 181 Å². The number of amides is 1. The fourth-order valence-corrected chi connectivity index (χ4v) is 3.43. The molecule has 7 nitrogen and oxygen atoms in total. The van der Waals surface area contributed by atoms with Crippen LogP contribution in [0, 0.1) is 0 Å². The normalized spacial score (nSPS) is 10.7. The van der Waals surface area contributed by atoms with Crippen molar-refractivity contribution in [2.45, 2.75) is 26.3 Å². The van der Waals surface area contributed by atoms with Crippen LogP contribution in [-0.4, -0.2) is 43.7 Å². The predicted molar refractivity (Wildman–Crippen MR) is 120 cm³/mol. The van der Waals surface area contributed by atoms with Crippen molar-refractivity contribution in [3.63, 3.8) is 0 Å². The highest BCUT2D eigenvalue weighted by Gasteiger charge is 2.19. The molecule has 31 heavy (non-hydrogen) atoms. The molecule has 0 aliphatic heterocycles. The minimum absolute atomic E-state index is 0.163. The number of nitrogens with zero attached hydrogens (tertiary/aromatic N) is 1. The number of methoxy groups -OCH3 is 3. The summed E-state index contributed by atoms with van der Waals surface area (Å²) in [5.74, 6) is 1.55. The monoisotopic (exact) mass is 424 g/mol. The molecule has 0 aliphatic carbocycles. The van der Waals surface area contributed by atoms with E-state index in [2.05, 4.69) is 11.9 Å². The maximum atomic E-state index is 13.3. The minimum atomic E-state index is -0.220. The highest BCUT2D eigenvalue weighted by molar-refractivity contribution is 5.95. The zero-order chi connectivity index (χ0) is 22.4. The minimum Gasteiger partial charge on any atom is -0.497 e. The van der Waals surface area contributed by atoms with Gasteiger partial charge in [-0.1, -0.05) is 13.3 Å². The number of benzene rings is 2. The van der Waals surface area contributed by atoms with Crippen LogP contribution < -0.4 is 19.8 Å². The third-order valence-corrected chi connectivity index (χ3v) is 5.19. The van der Waals surface area contributed by atoms with Crippen LogP contribution in [0.15, 0.2) is 47.3 Å². The van der Waals surface area contributed by atoms with Crippen LogP contribution in [-0.2, 0) is 6.54 Å². The predicted octanol–water partition coefficient (Wildman–Crippen LogP) is 4.00. The molecule has 0 unspecified atom stereocenters.